The normalized spacial score (nSPS) is 46.3. The number of carbonyl (C=O) groups excluding carboxylic acids is 3. The highest BCUT2D eigenvalue weighted by Gasteiger charge is 2.68. The Morgan fingerprint density at radius 3 is 2.82 bits per heavy atom. The van der Waals surface area contributed by atoms with E-state index in [0.717, 1.165) is 44.5 Å². The fourth-order valence-corrected chi connectivity index (χ4v) is 14.2. The maximum atomic E-state index is 14.1. The molecule has 5 N–H and O–H groups in total. The second-order valence-corrected chi connectivity index (χ2v) is 19.5. The van der Waals surface area contributed by atoms with E-state index in [0.29, 0.717) is 43.6 Å². The van der Waals surface area contributed by atoms with E-state index in [1.807, 2.05) is 28.5 Å². The first-order chi connectivity index (χ1) is 24.5. The minimum Gasteiger partial charge on any atom is -0.462 e. The monoisotopic (exact) mass is 742 g/mol. The Morgan fingerprint density at radius 1 is 1.18 bits per heavy atom. The van der Waals surface area contributed by atoms with Gasteiger partial charge in [-0.2, -0.15) is 0 Å². The maximum absolute atomic E-state index is 14.1. The third-order valence-corrected chi connectivity index (χ3v) is 16.8. The quantitative estimate of drug-likeness (QED) is 0.166. The average molecular weight is 743 g/mol. The highest BCUT2D eigenvalue weighted by molar-refractivity contribution is 8.77. The third kappa shape index (κ3) is 6.25. The van der Waals surface area contributed by atoms with Gasteiger partial charge in [0, 0.05) is 67.9 Å². The molecular weight excluding hydrogens is 687 g/mol. The molecule has 12 heteroatoms. The molecule has 6 fully saturated rings. The number of fused-ring (bicyclic) bond motifs is 6. The van der Waals surface area contributed by atoms with Crippen molar-refractivity contribution in [2.75, 3.05) is 25.4 Å². The molecular formula is C39H56N3O7S2+. The van der Waals surface area contributed by atoms with Crippen LogP contribution in [0.15, 0.2) is 35.5 Å². The number of esters is 2. The van der Waals surface area contributed by atoms with E-state index < -0.39 is 11.2 Å². The predicted molar refractivity (Wildman–Crippen MR) is 196 cm³/mol. The standard InChI is InChI=1S/C39H55N3O7S2/c1-4-21(2)36(45)49-38(3)10-9-24-20-50-51-31-8-7-23-19-42(35(23)31)33(44)14-27-18-41-32(40)15-28(27)34(24)39(38)17-26-13-25-12-22(6-5-11-43)37(46)47-29(25)16-30(26)48-39/h4,7-9,22-23,25-32,34-35,41,43H,5-6,10-20,40H2,1-3H3/p+1. The van der Waals surface area contributed by atoms with Gasteiger partial charge in [-0.05, 0) is 70.6 Å². The number of nitrogens with two attached hydrogens (primary N) is 2. The molecule has 14 unspecified atom stereocenters. The third-order valence-electron chi connectivity index (χ3n) is 14.1. The molecule has 8 rings (SSSR count). The Bertz CT molecular complexity index is 1500. The molecule has 5 saturated heterocycles. The van der Waals surface area contributed by atoms with Gasteiger partial charge in [0.25, 0.3) is 0 Å². The highest BCUT2D eigenvalue weighted by atomic mass is 33.1. The number of hydrogen-bond donors (Lipinski definition) is 3. The van der Waals surface area contributed by atoms with E-state index in [1.165, 1.54) is 5.57 Å². The van der Waals surface area contributed by atoms with E-state index in [1.54, 1.807) is 13.0 Å². The smallest absolute Gasteiger partial charge is 0.334 e. The molecule has 5 aliphatic heterocycles. The lowest BCUT2D eigenvalue weighted by atomic mass is 9.56. The number of ether oxygens (including phenoxy) is 3. The van der Waals surface area contributed by atoms with E-state index >= 15 is 0 Å². The lowest BCUT2D eigenvalue weighted by Crippen LogP contribution is -2.96. The van der Waals surface area contributed by atoms with Gasteiger partial charge in [0.15, 0.2) is 0 Å². The van der Waals surface area contributed by atoms with Crippen molar-refractivity contribution in [3.05, 3.63) is 35.5 Å². The van der Waals surface area contributed by atoms with Crippen LogP contribution >= 0.6 is 21.6 Å². The fraction of sp³-hybridized carbons (Fsp3) is 0.769. The number of nitrogens with zero attached hydrogens (tertiary/aromatic N) is 1. The second-order valence-electron chi connectivity index (χ2n) is 17.0. The van der Waals surface area contributed by atoms with Crippen molar-refractivity contribution in [2.45, 2.75) is 119 Å². The van der Waals surface area contributed by atoms with Crippen molar-refractivity contribution in [3.8, 4) is 0 Å². The Balaban J connectivity index is 1.18. The molecule has 51 heavy (non-hydrogen) atoms. The Labute approximate surface area is 309 Å². The second kappa shape index (κ2) is 14.1. The molecule has 1 spiro atoms. The number of allylic oxidation sites excluding steroid dienone is 1. The minimum absolute atomic E-state index is 0.0720. The summed E-state index contributed by atoms with van der Waals surface area (Å²) in [6.07, 6.45) is 14.4. The summed E-state index contributed by atoms with van der Waals surface area (Å²) in [6, 6.07) is 0.255. The van der Waals surface area contributed by atoms with Gasteiger partial charge in [0.1, 0.15) is 23.5 Å². The van der Waals surface area contributed by atoms with E-state index in [-0.39, 0.29) is 89.6 Å². The summed E-state index contributed by atoms with van der Waals surface area (Å²) in [4.78, 5) is 43.1. The number of aliphatic hydroxyl groups excluding tert-OH is 1. The van der Waals surface area contributed by atoms with E-state index in [4.69, 9.17) is 19.9 Å². The zero-order chi connectivity index (χ0) is 35.7. The molecule has 5 heterocycles. The van der Waals surface area contributed by atoms with Crippen LogP contribution in [-0.2, 0) is 28.6 Å². The van der Waals surface area contributed by atoms with Crippen LogP contribution in [0.2, 0.25) is 0 Å². The molecule has 1 saturated carbocycles. The van der Waals surface area contributed by atoms with Gasteiger partial charge >= 0.3 is 11.9 Å². The van der Waals surface area contributed by atoms with Crippen LogP contribution in [0.1, 0.15) is 78.6 Å². The zero-order valence-corrected chi connectivity index (χ0v) is 31.9. The number of rotatable bonds is 5. The Morgan fingerprint density at radius 2 is 2.02 bits per heavy atom. The molecule has 0 bridgehead atoms. The highest BCUT2D eigenvalue weighted by Crippen LogP contribution is 2.62. The SMILES string of the molecule is CC=C(C)C(=O)OC1(C)CC=C2CSSC3C=CC4CN(C(=O)CC5C[NH2+]C(N)CC5C2C12CC1CC5CC(CCCO)C(=O)OC5CC1O2)C43. The summed E-state index contributed by atoms with van der Waals surface area (Å²) < 4.78 is 20.4. The summed E-state index contributed by atoms with van der Waals surface area (Å²) in [5.41, 5.74) is 6.89. The summed E-state index contributed by atoms with van der Waals surface area (Å²) in [5, 5.41) is 11.9. The molecule has 3 aliphatic carbocycles. The van der Waals surface area contributed by atoms with Gasteiger partial charge in [-0.3, -0.25) is 15.3 Å². The van der Waals surface area contributed by atoms with Gasteiger partial charge in [-0.1, -0.05) is 51.5 Å². The molecule has 8 aliphatic rings. The largest absolute Gasteiger partial charge is 0.462 e. The number of carbonyl (C=O) groups is 3. The Hall–Kier alpha value is -1.83. The Kier molecular flexibility index (Phi) is 10.0. The molecule has 1 amide bonds. The van der Waals surface area contributed by atoms with Crippen molar-refractivity contribution in [1.82, 2.24) is 4.90 Å². The molecule has 14 atom stereocenters. The lowest BCUT2D eigenvalue weighted by Gasteiger charge is -2.56. The molecule has 280 valence electrons. The topological polar surface area (TPSA) is 145 Å². The molecule has 0 aromatic carbocycles. The number of quaternary nitrogens is 1. The zero-order valence-electron chi connectivity index (χ0n) is 30.2. The average Bonchev–Trinajstić information content (AvgIpc) is 3.61. The fourth-order valence-electron chi connectivity index (χ4n) is 11.3. The van der Waals surface area contributed by atoms with Crippen LogP contribution in [-0.4, -0.2) is 94.2 Å². The molecule has 10 nitrogen and oxygen atoms in total. The number of aliphatic hydroxyl groups is 1. The van der Waals surface area contributed by atoms with Crippen LogP contribution in [0.4, 0.5) is 0 Å². The summed E-state index contributed by atoms with van der Waals surface area (Å²) in [5.74, 6) is 1.42. The lowest BCUT2D eigenvalue weighted by molar-refractivity contribution is -0.706. The number of amides is 1. The van der Waals surface area contributed by atoms with E-state index in [9.17, 15) is 19.5 Å². The van der Waals surface area contributed by atoms with Crippen LogP contribution < -0.4 is 11.1 Å². The van der Waals surface area contributed by atoms with Gasteiger partial charge in [-0.15, -0.1) is 0 Å². The van der Waals surface area contributed by atoms with Crippen LogP contribution in [0.3, 0.4) is 0 Å². The van der Waals surface area contributed by atoms with Gasteiger partial charge in [-0.25, -0.2) is 4.79 Å². The first-order valence-corrected chi connectivity index (χ1v) is 21.8. The summed E-state index contributed by atoms with van der Waals surface area (Å²) in [7, 11) is 3.76. The predicted octanol–water partition coefficient (Wildman–Crippen LogP) is 3.49. The maximum Gasteiger partial charge on any atom is 0.334 e. The first-order valence-electron chi connectivity index (χ1n) is 19.4. The van der Waals surface area contributed by atoms with Crippen molar-refractivity contribution < 1.29 is 39.0 Å². The number of piperidine rings is 1. The minimum atomic E-state index is -0.954. The van der Waals surface area contributed by atoms with Crippen molar-refractivity contribution >= 4 is 39.4 Å². The van der Waals surface area contributed by atoms with Crippen LogP contribution in [0, 0.1) is 41.4 Å². The van der Waals surface area contributed by atoms with Crippen LogP contribution in [0.5, 0.6) is 0 Å². The van der Waals surface area contributed by atoms with Crippen LogP contribution in [0.25, 0.3) is 0 Å². The van der Waals surface area contributed by atoms with Crippen molar-refractivity contribution in [2.24, 2.45) is 47.2 Å². The van der Waals surface area contributed by atoms with Gasteiger partial charge in [0.2, 0.25) is 5.91 Å². The molecule has 0 radical (unpaired) electrons. The van der Waals surface area contributed by atoms with Gasteiger partial charge < -0.3 is 29.5 Å². The molecule has 0 aromatic rings. The summed E-state index contributed by atoms with van der Waals surface area (Å²) in [6.45, 7) is 7.40. The molecule has 0 aromatic heterocycles. The van der Waals surface area contributed by atoms with Crippen molar-refractivity contribution in [1.29, 1.82) is 0 Å². The van der Waals surface area contributed by atoms with Crippen molar-refractivity contribution in [3.63, 3.8) is 0 Å². The van der Waals surface area contributed by atoms with E-state index in [2.05, 4.69) is 35.4 Å². The number of hydrogen-bond acceptors (Lipinski definition) is 10. The van der Waals surface area contributed by atoms with Gasteiger partial charge in [0.05, 0.1) is 29.9 Å². The summed E-state index contributed by atoms with van der Waals surface area (Å²) >= 11 is 0. The first kappa shape index (κ1) is 36.2.